The Bertz CT molecular complexity index is 396. The Hall–Kier alpha value is -1.63. The van der Waals surface area contributed by atoms with E-state index in [1.807, 2.05) is 0 Å². The standard InChI is InChI=1S/C8H7F3N2O2/c9-4-1-3(2-12)13-6(7(10)11)5(4)8(14)15/h1,7H,2,12H2,(H,14,15). The lowest BCUT2D eigenvalue weighted by Gasteiger charge is -2.07. The number of hydrogen-bond donors (Lipinski definition) is 2. The number of carboxylic acid groups (broad SMARTS) is 1. The van der Waals surface area contributed by atoms with E-state index in [2.05, 4.69) is 4.98 Å². The zero-order valence-electron chi connectivity index (χ0n) is 7.38. The molecule has 1 aromatic heterocycles. The Balaban J connectivity index is 3.42. The molecule has 1 rings (SSSR count). The molecule has 82 valence electrons. The Labute approximate surface area is 82.5 Å². The van der Waals surface area contributed by atoms with Gasteiger partial charge in [-0.05, 0) is 6.07 Å². The minimum atomic E-state index is -3.16. The van der Waals surface area contributed by atoms with Gasteiger partial charge in [0.2, 0.25) is 0 Å². The average Bonchev–Trinajstić information content (AvgIpc) is 2.15. The van der Waals surface area contributed by atoms with Gasteiger partial charge in [-0.1, -0.05) is 0 Å². The van der Waals surface area contributed by atoms with Crippen molar-refractivity contribution in [3.05, 3.63) is 28.8 Å². The SMILES string of the molecule is NCc1cc(F)c(C(=O)O)c(C(F)F)n1. The molecule has 1 aromatic rings. The normalized spacial score (nSPS) is 10.7. The van der Waals surface area contributed by atoms with E-state index in [1.165, 1.54) is 0 Å². The first kappa shape index (κ1) is 11.4. The second-order valence-electron chi connectivity index (χ2n) is 2.67. The van der Waals surface area contributed by atoms with Gasteiger partial charge in [-0.2, -0.15) is 0 Å². The van der Waals surface area contributed by atoms with Crippen molar-refractivity contribution in [3.63, 3.8) is 0 Å². The fourth-order valence-electron chi connectivity index (χ4n) is 1.06. The number of alkyl halides is 2. The molecule has 4 nitrogen and oxygen atoms in total. The van der Waals surface area contributed by atoms with Gasteiger partial charge in [-0.15, -0.1) is 0 Å². The Morgan fingerprint density at radius 3 is 2.60 bits per heavy atom. The maximum absolute atomic E-state index is 13.1. The number of nitrogens with two attached hydrogens (primary N) is 1. The minimum Gasteiger partial charge on any atom is -0.478 e. The molecule has 0 atom stereocenters. The first-order chi connectivity index (χ1) is 6.97. The Morgan fingerprint density at radius 2 is 2.20 bits per heavy atom. The van der Waals surface area contributed by atoms with Crippen molar-refractivity contribution < 1.29 is 23.1 Å². The molecule has 0 spiro atoms. The lowest BCUT2D eigenvalue weighted by molar-refractivity contribution is 0.0676. The molecule has 0 radical (unpaired) electrons. The summed E-state index contributed by atoms with van der Waals surface area (Å²) in [6.45, 7) is -0.240. The number of aromatic carboxylic acids is 1. The van der Waals surface area contributed by atoms with Crippen LogP contribution in [-0.2, 0) is 6.54 Å². The second-order valence-corrected chi connectivity index (χ2v) is 2.67. The Morgan fingerprint density at radius 1 is 1.60 bits per heavy atom. The van der Waals surface area contributed by atoms with Gasteiger partial charge in [0.1, 0.15) is 17.1 Å². The molecule has 0 aliphatic heterocycles. The minimum absolute atomic E-state index is 0.118. The summed E-state index contributed by atoms with van der Waals surface area (Å²) in [4.78, 5) is 13.8. The van der Waals surface area contributed by atoms with E-state index in [-0.39, 0.29) is 12.2 Å². The molecule has 0 fully saturated rings. The molecule has 0 amide bonds. The van der Waals surface area contributed by atoms with Crippen LogP contribution in [0.1, 0.15) is 28.2 Å². The number of pyridine rings is 1. The highest BCUT2D eigenvalue weighted by atomic mass is 19.3. The fourth-order valence-corrected chi connectivity index (χ4v) is 1.06. The topological polar surface area (TPSA) is 76.2 Å². The fraction of sp³-hybridized carbons (Fsp3) is 0.250. The highest BCUT2D eigenvalue weighted by Crippen LogP contribution is 2.23. The first-order valence-corrected chi connectivity index (χ1v) is 3.88. The third kappa shape index (κ3) is 2.24. The molecule has 1 heterocycles. The van der Waals surface area contributed by atoms with E-state index < -0.39 is 29.5 Å². The van der Waals surface area contributed by atoms with E-state index in [9.17, 15) is 18.0 Å². The van der Waals surface area contributed by atoms with Crippen molar-refractivity contribution in [3.8, 4) is 0 Å². The van der Waals surface area contributed by atoms with Crippen molar-refractivity contribution in [2.24, 2.45) is 5.73 Å². The molecule has 0 unspecified atom stereocenters. The summed E-state index contributed by atoms with van der Waals surface area (Å²) in [6, 6.07) is 0.731. The number of carbonyl (C=O) groups is 1. The van der Waals surface area contributed by atoms with Crippen LogP contribution in [0.15, 0.2) is 6.07 Å². The molecule has 0 bridgehead atoms. The molecular weight excluding hydrogens is 213 g/mol. The van der Waals surface area contributed by atoms with Crippen LogP contribution in [-0.4, -0.2) is 16.1 Å². The van der Waals surface area contributed by atoms with Crippen molar-refractivity contribution in [2.75, 3.05) is 0 Å². The molecule has 0 saturated carbocycles. The zero-order chi connectivity index (χ0) is 11.6. The van der Waals surface area contributed by atoms with E-state index >= 15 is 0 Å². The molecule has 0 aliphatic carbocycles. The lowest BCUT2D eigenvalue weighted by atomic mass is 10.1. The summed E-state index contributed by atoms with van der Waals surface area (Å²) in [5.41, 5.74) is 2.77. The van der Waals surface area contributed by atoms with Crippen molar-refractivity contribution in [1.82, 2.24) is 4.98 Å². The molecular formula is C8H7F3N2O2. The van der Waals surface area contributed by atoms with Crippen LogP contribution in [0.3, 0.4) is 0 Å². The number of aromatic nitrogens is 1. The highest BCUT2D eigenvalue weighted by molar-refractivity contribution is 5.89. The molecule has 7 heteroatoms. The summed E-state index contributed by atoms with van der Waals surface area (Å²) in [6.07, 6.45) is -3.16. The van der Waals surface area contributed by atoms with Crippen LogP contribution in [0.25, 0.3) is 0 Å². The largest absolute Gasteiger partial charge is 0.478 e. The predicted octanol–water partition coefficient (Wildman–Crippen LogP) is 1.32. The van der Waals surface area contributed by atoms with Crippen molar-refractivity contribution in [1.29, 1.82) is 0 Å². The maximum atomic E-state index is 13.1. The van der Waals surface area contributed by atoms with E-state index in [1.54, 1.807) is 0 Å². The Kier molecular flexibility index (Phi) is 3.25. The number of hydrogen-bond acceptors (Lipinski definition) is 3. The summed E-state index contributed by atoms with van der Waals surface area (Å²) in [5.74, 6) is -3.04. The van der Waals surface area contributed by atoms with Crippen LogP contribution in [0.5, 0.6) is 0 Å². The second kappa shape index (κ2) is 4.26. The van der Waals surface area contributed by atoms with Gasteiger partial charge in [0.15, 0.2) is 0 Å². The number of halogens is 3. The maximum Gasteiger partial charge on any atom is 0.340 e. The van der Waals surface area contributed by atoms with Crippen LogP contribution in [0.2, 0.25) is 0 Å². The van der Waals surface area contributed by atoms with E-state index in [0.717, 1.165) is 6.07 Å². The lowest BCUT2D eigenvalue weighted by Crippen LogP contribution is -2.12. The number of rotatable bonds is 3. The van der Waals surface area contributed by atoms with Crippen LogP contribution >= 0.6 is 0 Å². The van der Waals surface area contributed by atoms with Gasteiger partial charge >= 0.3 is 5.97 Å². The van der Waals surface area contributed by atoms with E-state index in [0.29, 0.717) is 0 Å². The highest BCUT2D eigenvalue weighted by Gasteiger charge is 2.24. The molecule has 3 N–H and O–H groups in total. The van der Waals surface area contributed by atoms with Crippen molar-refractivity contribution >= 4 is 5.97 Å². The molecule has 15 heavy (non-hydrogen) atoms. The molecule has 0 aliphatic rings. The van der Waals surface area contributed by atoms with Gasteiger partial charge in [-0.3, -0.25) is 0 Å². The average molecular weight is 220 g/mol. The van der Waals surface area contributed by atoms with Gasteiger partial charge in [-0.25, -0.2) is 22.9 Å². The van der Waals surface area contributed by atoms with Gasteiger partial charge in [0, 0.05) is 6.54 Å². The number of nitrogens with zero attached hydrogens (tertiary/aromatic N) is 1. The summed E-state index contributed by atoms with van der Waals surface area (Å²) >= 11 is 0. The predicted molar refractivity (Wildman–Crippen MR) is 44.0 cm³/mol. The summed E-state index contributed by atoms with van der Waals surface area (Å²) in [7, 11) is 0. The summed E-state index contributed by atoms with van der Waals surface area (Å²) in [5, 5.41) is 8.51. The third-order valence-electron chi connectivity index (χ3n) is 1.68. The monoisotopic (exact) mass is 220 g/mol. The van der Waals surface area contributed by atoms with Gasteiger partial charge in [0.05, 0.1) is 5.69 Å². The van der Waals surface area contributed by atoms with Gasteiger partial charge in [0.25, 0.3) is 6.43 Å². The third-order valence-corrected chi connectivity index (χ3v) is 1.68. The van der Waals surface area contributed by atoms with Crippen molar-refractivity contribution in [2.45, 2.75) is 13.0 Å². The first-order valence-electron chi connectivity index (χ1n) is 3.88. The smallest absolute Gasteiger partial charge is 0.340 e. The summed E-state index contributed by atoms with van der Waals surface area (Å²) < 4.78 is 37.8. The van der Waals surface area contributed by atoms with Crippen LogP contribution in [0, 0.1) is 5.82 Å². The van der Waals surface area contributed by atoms with Gasteiger partial charge < -0.3 is 10.8 Å². The quantitative estimate of drug-likeness (QED) is 0.805. The molecule has 0 saturated heterocycles. The van der Waals surface area contributed by atoms with Crippen LogP contribution in [0.4, 0.5) is 13.2 Å². The number of carboxylic acids is 1. The molecule has 0 aromatic carbocycles. The van der Waals surface area contributed by atoms with Crippen LogP contribution < -0.4 is 5.73 Å². The van der Waals surface area contributed by atoms with E-state index in [4.69, 9.17) is 10.8 Å². The zero-order valence-corrected chi connectivity index (χ0v) is 7.38.